The van der Waals surface area contributed by atoms with Crippen LogP contribution in [0.3, 0.4) is 0 Å². The fourth-order valence-corrected chi connectivity index (χ4v) is 1.82. The number of rotatable bonds is 5. The summed E-state index contributed by atoms with van der Waals surface area (Å²) in [5.74, 6) is -0.112. The molecule has 0 aliphatic carbocycles. The van der Waals surface area contributed by atoms with E-state index in [2.05, 4.69) is 4.90 Å². The maximum atomic E-state index is 11.4. The van der Waals surface area contributed by atoms with E-state index < -0.39 is 0 Å². The highest BCUT2D eigenvalue weighted by Gasteiger charge is 2.30. The van der Waals surface area contributed by atoms with Crippen LogP contribution in [0.15, 0.2) is 0 Å². The zero-order valence-corrected chi connectivity index (χ0v) is 8.99. The van der Waals surface area contributed by atoms with Crippen molar-refractivity contribution in [3.8, 4) is 0 Å². The van der Waals surface area contributed by atoms with Crippen LogP contribution in [0.5, 0.6) is 0 Å². The Morgan fingerprint density at radius 3 is 3.00 bits per heavy atom. The lowest BCUT2D eigenvalue weighted by Crippen LogP contribution is -2.38. The van der Waals surface area contributed by atoms with Gasteiger partial charge in [0.05, 0.1) is 13.7 Å². The molecule has 1 aliphatic heterocycles. The molecule has 0 saturated carbocycles. The zero-order chi connectivity index (χ0) is 10.4. The minimum absolute atomic E-state index is 0.0412. The second-order valence-corrected chi connectivity index (χ2v) is 3.41. The molecule has 1 fully saturated rings. The third-order valence-electron chi connectivity index (χ3n) is 2.56. The summed E-state index contributed by atoms with van der Waals surface area (Å²) in [5, 5.41) is 0. The van der Waals surface area contributed by atoms with Crippen molar-refractivity contribution in [2.24, 2.45) is 0 Å². The van der Waals surface area contributed by atoms with Crippen molar-refractivity contribution in [2.75, 3.05) is 33.4 Å². The molecule has 1 rings (SSSR count). The fraction of sp³-hybridized carbons (Fsp3) is 0.900. The summed E-state index contributed by atoms with van der Waals surface area (Å²) in [7, 11) is 1.45. The standard InChI is InChI=1S/C10H19NO3/c1-3-14-8-7-11-6-4-5-9(11)10(12)13-2/h9H,3-8H2,1-2H3. The van der Waals surface area contributed by atoms with Crippen molar-refractivity contribution in [3.05, 3.63) is 0 Å². The van der Waals surface area contributed by atoms with Gasteiger partial charge in [0.15, 0.2) is 0 Å². The number of hydrogen-bond donors (Lipinski definition) is 0. The van der Waals surface area contributed by atoms with E-state index in [-0.39, 0.29) is 12.0 Å². The molecule has 0 aromatic heterocycles. The van der Waals surface area contributed by atoms with Crippen LogP contribution in [0.25, 0.3) is 0 Å². The van der Waals surface area contributed by atoms with E-state index in [4.69, 9.17) is 9.47 Å². The van der Waals surface area contributed by atoms with Crippen LogP contribution < -0.4 is 0 Å². The van der Waals surface area contributed by atoms with Gasteiger partial charge in [0.1, 0.15) is 6.04 Å². The summed E-state index contributed by atoms with van der Waals surface area (Å²) in [6.07, 6.45) is 1.99. The highest BCUT2D eigenvalue weighted by Crippen LogP contribution is 2.17. The average molecular weight is 201 g/mol. The molecule has 0 spiro atoms. The van der Waals surface area contributed by atoms with E-state index in [0.29, 0.717) is 6.61 Å². The maximum absolute atomic E-state index is 11.4. The Bertz CT molecular complexity index is 184. The number of carbonyl (C=O) groups excluding carboxylic acids is 1. The van der Waals surface area contributed by atoms with Crippen LogP contribution in [0.4, 0.5) is 0 Å². The molecule has 1 heterocycles. The molecule has 0 radical (unpaired) electrons. The summed E-state index contributed by atoms with van der Waals surface area (Å²) >= 11 is 0. The minimum Gasteiger partial charge on any atom is -0.468 e. The third kappa shape index (κ3) is 2.96. The first-order chi connectivity index (χ1) is 6.79. The van der Waals surface area contributed by atoms with E-state index >= 15 is 0 Å². The van der Waals surface area contributed by atoms with Gasteiger partial charge in [-0.1, -0.05) is 0 Å². The zero-order valence-electron chi connectivity index (χ0n) is 8.99. The number of esters is 1. The summed E-state index contributed by atoms with van der Waals surface area (Å²) in [5.41, 5.74) is 0. The highest BCUT2D eigenvalue weighted by molar-refractivity contribution is 5.75. The number of likely N-dealkylation sites (tertiary alicyclic amines) is 1. The topological polar surface area (TPSA) is 38.8 Å². The Kier molecular flexibility index (Phi) is 4.90. The number of hydrogen-bond acceptors (Lipinski definition) is 4. The van der Waals surface area contributed by atoms with Gasteiger partial charge in [-0.3, -0.25) is 9.69 Å². The van der Waals surface area contributed by atoms with Gasteiger partial charge < -0.3 is 9.47 Å². The Hall–Kier alpha value is -0.610. The van der Waals surface area contributed by atoms with Gasteiger partial charge in [0, 0.05) is 13.2 Å². The molecule has 0 aromatic rings. The molecule has 4 heteroatoms. The van der Waals surface area contributed by atoms with Crippen LogP contribution in [0.2, 0.25) is 0 Å². The van der Waals surface area contributed by atoms with Crippen molar-refractivity contribution in [2.45, 2.75) is 25.8 Å². The number of methoxy groups -OCH3 is 1. The molecular formula is C10H19NO3. The summed E-state index contributed by atoms with van der Waals surface area (Å²) in [4.78, 5) is 13.5. The number of ether oxygens (including phenoxy) is 2. The van der Waals surface area contributed by atoms with Crippen LogP contribution in [0, 0.1) is 0 Å². The maximum Gasteiger partial charge on any atom is 0.323 e. The van der Waals surface area contributed by atoms with Gasteiger partial charge in [-0.15, -0.1) is 0 Å². The molecule has 4 nitrogen and oxygen atoms in total. The Labute approximate surface area is 85.2 Å². The molecule has 1 saturated heterocycles. The van der Waals surface area contributed by atoms with Gasteiger partial charge in [-0.05, 0) is 26.3 Å². The van der Waals surface area contributed by atoms with Crippen molar-refractivity contribution in [1.82, 2.24) is 4.90 Å². The van der Waals surface area contributed by atoms with Crippen molar-refractivity contribution < 1.29 is 14.3 Å². The van der Waals surface area contributed by atoms with E-state index in [1.54, 1.807) is 0 Å². The molecule has 14 heavy (non-hydrogen) atoms. The van der Waals surface area contributed by atoms with Crippen molar-refractivity contribution in [1.29, 1.82) is 0 Å². The summed E-state index contributed by atoms with van der Waals surface area (Å²) in [6.45, 7) is 5.21. The molecule has 0 amide bonds. The van der Waals surface area contributed by atoms with Gasteiger partial charge in [0.2, 0.25) is 0 Å². The van der Waals surface area contributed by atoms with E-state index in [9.17, 15) is 4.79 Å². The lowest BCUT2D eigenvalue weighted by molar-refractivity contribution is -0.146. The first-order valence-corrected chi connectivity index (χ1v) is 5.19. The van der Waals surface area contributed by atoms with Crippen molar-refractivity contribution >= 4 is 5.97 Å². The second-order valence-electron chi connectivity index (χ2n) is 3.41. The molecule has 82 valence electrons. The van der Waals surface area contributed by atoms with Crippen LogP contribution in [-0.2, 0) is 14.3 Å². The molecule has 0 N–H and O–H groups in total. The lowest BCUT2D eigenvalue weighted by atomic mass is 10.2. The largest absolute Gasteiger partial charge is 0.468 e. The summed E-state index contributed by atoms with van der Waals surface area (Å²) < 4.78 is 10.0. The van der Waals surface area contributed by atoms with E-state index in [0.717, 1.165) is 32.5 Å². The predicted molar refractivity (Wildman–Crippen MR) is 53.1 cm³/mol. The van der Waals surface area contributed by atoms with Crippen LogP contribution in [-0.4, -0.2) is 50.3 Å². The number of nitrogens with zero attached hydrogens (tertiary/aromatic N) is 1. The Balaban J connectivity index is 2.31. The Morgan fingerprint density at radius 1 is 1.57 bits per heavy atom. The van der Waals surface area contributed by atoms with E-state index in [1.165, 1.54) is 7.11 Å². The van der Waals surface area contributed by atoms with E-state index in [1.807, 2.05) is 6.92 Å². The minimum atomic E-state index is -0.112. The highest BCUT2D eigenvalue weighted by atomic mass is 16.5. The van der Waals surface area contributed by atoms with Gasteiger partial charge in [0.25, 0.3) is 0 Å². The first-order valence-electron chi connectivity index (χ1n) is 5.19. The van der Waals surface area contributed by atoms with Crippen molar-refractivity contribution in [3.63, 3.8) is 0 Å². The lowest BCUT2D eigenvalue weighted by Gasteiger charge is -2.21. The van der Waals surface area contributed by atoms with Gasteiger partial charge in [-0.2, -0.15) is 0 Å². The second kappa shape index (κ2) is 5.98. The molecular weight excluding hydrogens is 182 g/mol. The SMILES string of the molecule is CCOCCN1CCCC1C(=O)OC. The molecule has 0 bridgehead atoms. The smallest absolute Gasteiger partial charge is 0.323 e. The normalized spacial score (nSPS) is 22.6. The molecule has 1 atom stereocenters. The fourth-order valence-electron chi connectivity index (χ4n) is 1.82. The van der Waals surface area contributed by atoms with Crippen LogP contribution >= 0.6 is 0 Å². The molecule has 1 unspecified atom stereocenters. The average Bonchev–Trinajstić information content (AvgIpc) is 2.65. The Morgan fingerprint density at radius 2 is 2.36 bits per heavy atom. The van der Waals surface area contributed by atoms with Crippen LogP contribution in [0.1, 0.15) is 19.8 Å². The van der Waals surface area contributed by atoms with Gasteiger partial charge in [-0.25, -0.2) is 0 Å². The monoisotopic (exact) mass is 201 g/mol. The first kappa shape index (κ1) is 11.5. The summed E-state index contributed by atoms with van der Waals surface area (Å²) in [6, 6.07) is -0.0412. The third-order valence-corrected chi connectivity index (χ3v) is 2.56. The molecule has 1 aliphatic rings. The molecule has 0 aromatic carbocycles. The van der Waals surface area contributed by atoms with Gasteiger partial charge >= 0.3 is 5.97 Å². The number of carbonyl (C=O) groups is 1. The quantitative estimate of drug-likeness (QED) is 0.484. The predicted octanol–water partition coefficient (Wildman–Crippen LogP) is 0.660.